The van der Waals surface area contributed by atoms with Crippen molar-refractivity contribution in [3.63, 3.8) is 0 Å². The molecule has 0 saturated carbocycles. The topological polar surface area (TPSA) is 46.3 Å². The lowest BCUT2D eigenvalue weighted by Crippen LogP contribution is -2.36. The van der Waals surface area contributed by atoms with E-state index in [9.17, 15) is 4.79 Å². The van der Waals surface area contributed by atoms with Crippen molar-refractivity contribution in [1.82, 2.24) is 5.01 Å². The third kappa shape index (κ3) is 1.93. The van der Waals surface area contributed by atoms with E-state index in [0.29, 0.717) is 0 Å². The summed E-state index contributed by atoms with van der Waals surface area (Å²) in [5.74, 6) is 5.09. The minimum Gasteiger partial charge on any atom is -0.284 e. The van der Waals surface area contributed by atoms with E-state index in [1.807, 2.05) is 13.8 Å². The number of hydrogen-bond donors (Lipinski definition) is 1. The normalized spacial score (nSPS) is 9.62. The molecule has 48 valence electrons. The Labute approximate surface area is 49.4 Å². The largest absolute Gasteiger partial charge is 0.284 e. The zero-order valence-electron chi connectivity index (χ0n) is 5.51. The van der Waals surface area contributed by atoms with E-state index < -0.39 is 0 Å². The summed E-state index contributed by atoms with van der Waals surface area (Å²) in [5, 5.41) is 1.10. The molecule has 0 aliphatic rings. The Morgan fingerprint density at radius 3 is 2.00 bits per heavy atom. The quantitative estimate of drug-likeness (QED) is 0.297. The fourth-order valence-electron chi connectivity index (χ4n) is 0.407. The van der Waals surface area contributed by atoms with Crippen LogP contribution < -0.4 is 5.84 Å². The summed E-state index contributed by atoms with van der Waals surface area (Å²) < 4.78 is 0. The summed E-state index contributed by atoms with van der Waals surface area (Å²) >= 11 is 0. The van der Waals surface area contributed by atoms with Crippen molar-refractivity contribution in [1.29, 1.82) is 0 Å². The molecule has 0 bridgehead atoms. The van der Waals surface area contributed by atoms with Crippen molar-refractivity contribution < 1.29 is 4.79 Å². The van der Waals surface area contributed by atoms with Gasteiger partial charge in [0.2, 0.25) is 5.91 Å². The van der Waals surface area contributed by atoms with Crippen molar-refractivity contribution in [2.45, 2.75) is 13.8 Å². The van der Waals surface area contributed by atoms with Gasteiger partial charge in [-0.2, -0.15) is 0 Å². The van der Waals surface area contributed by atoms with Crippen LogP contribution in [0.2, 0.25) is 0 Å². The standard InChI is InChI=1S/C5H12N2O/c1-4(2)5(8)7(3)6/h4H,6H2,1-3H3. The second-order valence-corrected chi connectivity index (χ2v) is 2.10. The van der Waals surface area contributed by atoms with E-state index in [1.54, 1.807) is 7.05 Å². The van der Waals surface area contributed by atoms with Crippen LogP contribution in [0.25, 0.3) is 0 Å². The molecule has 0 aromatic heterocycles. The van der Waals surface area contributed by atoms with Gasteiger partial charge in [-0.05, 0) is 0 Å². The third-order valence-corrected chi connectivity index (χ3v) is 0.842. The van der Waals surface area contributed by atoms with Gasteiger partial charge in [-0.1, -0.05) is 13.8 Å². The second kappa shape index (κ2) is 2.67. The molecule has 0 saturated heterocycles. The summed E-state index contributed by atoms with van der Waals surface area (Å²) in [6, 6.07) is 0. The molecule has 0 unspecified atom stereocenters. The molecule has 0 aromatic rings. The van der Waals surface area contributed by atoms with Crippen LogP contribution in [0.3, 0.4) is 0 Å². The van der Waals surface area contributed by atoms with Crippen LogP contribution >= 0.6 is 0 Å². The Bertz CT molecular complexity index is 78.4. The molecule has 0 spiro atoms. The second-order valence-electron chi connectivity index (χ2n) is 2.10. The van der Waals surface area contributed by atoms with Crippen LogP contribution in [0.4, 0.5) is 0 Å². The van der Waals surface area contributed by atoms with Gasteiger partial charge in [-0.15, -0.1) is 0 Å². The zero-order chi connectivity index (χ0) is 6.73. The van der Waals surface area contributed by atoms with Crippen LogP contribution in [0.5, 0.6) is 0 Å². The van der Waals surface area contributed by atoms with E-state index >= 15 is 0 Å². The van der Waals surface area contributed by atoms with Crippen LogP contribution in [-0.2, 0) is 4.79 Å². The summed E-state index contributed by atoms with van der Waals surface area (Å²) in [7, 11) is 1.54. The van der Waals surface area contributed by atoms with Gasteiger partial charge in [0.15, 0.2) is 0 Å². The Kier molecular flexibility index (Phi) is 2.48. The third-order valence-electron chi connectivity index (χ3n) is 0.842. The maximum atomic E-state index is 10.6. The van der Waals surface area contributed by atoms with E-state index in [0.717, 1.165) is 5.01 Å². The fourth-order valence-corrected chi connectivity index (χ4v) is 0.407. The number of amides is 1. The van der Waals surface area contributed by atoms with Gasteiger partial charge in [0.25, 0.3) is 0 Å². The van der Waals surface area contributed by atoms with Crippen LogP contribution in [-0.4, -0.2) is 18.0 Å². The molecule has 0 radical (unpaired) electrons. The number of nitrogens with two attached hydrogens (primary N) is 1. The maximum Gasteiger partial charge on any atom is 0.238 e. The maximum absolute atomic E-state index is 10.6. The molecular weight excluding hydrogens is 104 g/mol. The molecule has 0 rings (SSSR count). The molecule has 8 heavy (non-hydrogen) atoms. The van der Waals surface area contributed by atoms with Crippen LogP contribution in [0, 0.1) is 5.92 Å². The van der Waals surface area contributed by atoms with Crippen molar-refractivity contribution in [3.05, 3.63) is 0 Å². The van der Waals surface area contributed by atoms with E-state index in [-0.39, 0.29) is 11.8 Å². The van der Waals surface area contributed by atoms with Crippen LogP contribution in [0.1, 0.15) is 13.8 Å². The number of hydrazine groups is 1. The van der Waals surface area contributed by atoms with E-state index in [4.69, 9.17) is 5.84 Å². The summed E-state index contributed by atoms with van der Waals surface area (Å²) in [4.78, 5) is 10.6. The Hall–Kier alpha value is -0.570. The van der Waals surface area contributed by atoms with Gasteiger partial charge in [0.05, 0.1) is 0 Å². The Morgan fingerprint density at radius 1 is 1.62 bits per heavy atom. The van der Waals surface area contributed by atoms with Gasteiger partial charge in [0, 0.05) is 13.0 Å². The van der Waals surface area contributed by atoms with Gasteiger partial charge in [0.1, 0.15) is 0 Å². The smallest absolute Gasteiger partial charge is 0.238 e. The lowest BCUT2D eigenvalue weighted by atomic mass is 10.2. The highest BCUT2D eigenvalue weighted by atomic mass is 16.2. The zero-order valence-corrected chi connectivity index (χ0v) is 5.51. The number of carbonyl (C=O) groups is 1. The highest BCUT2D eigenvalue weighted by Gasteiger charge is 2.07. The first-order chi connectivity index (χ1) is 3.55. The average molecular weight is 116 g/mol. The first kappa shape index (κ1) is 7.43. The van der Waals surface area contributed by atoms with Crippen molar-refractivity contribution in [2.75, 3.05) is 7.05 Å². The van der Waals surface area contributed by atoms with Gasteiger partial charge < -0.3 is 0 Å². The molecule has 0 heterocycles. The Balaban J connectivity index is 3.65. The van der Waals surface area contributed by atoms with Gasteiger partial charge in [-0.3, -0.25) is 9.80 Å². The van der Waals surface area contributed by atoms with Crippen molar-refractivity contribution >= 4 is 5.91 Å². The molecule has 0 aromatic carbocycles. The van der Waals surface area contributed by atoms with Gasteiger partial charge >= 0.3 is 0 Å². The lowest BCUT2D eigenvalue weighted by molar-refractivity contribution is -0.133. The van der Waals surface area contributed by atoms with E-state index in [2.05, 4.69) is 0 Å². The highest BCUT2D eigenvalue weighted by Crippen LogP contribution is 1.92. The van der Waals surface area contributed by atoms with E-state index in [1.165, 1.54) is 0 Å². The number of carbonyl (C=O) groups excluding carboxylic acids is 1. The molecule has 0 fully saturated rings. The fraction of sp³-hybridized carbons (Fsp3) is 0.800. The highest BCUT2D eigenvalue weighted by molar-refractivity contribution is 5.77. The first-order valence-corrected chi connectivity index (χ1v) is 2.58. The molecule has 3 heteroatoms. The summed E-state index contributed by atoms with van der Waals surface area (Å²) in [6.07, 6.45) is 0. The molecule has 3 nitrogen and oxygen atoms in total. The molecular formula is C5H12N2O. The Morgan fingerprint density at radius 2 is 2.00 bits per heavy atom. The molecule has 0 atom stereocenters. The SMILES string of the molecule is CC(C)C(=O)N(C)N. The summed E-state index contributed by atoms with van der Waals surface area (Å²) in [5.41, 5.74) is 0. The predicted octanol–water partition coefficient (Wildman–Crippen LogP) is -0.0255. The summed E-state index contributed by atoms with van der Waals surface area (Å²) in [6.45, 7) is 3.62. The minimum absolute atomic E-state index is 0.00463. The average Bonchev–Trinajstić information content (AvgIpc) is 1.64. The molecule has 0 aliphatic heterocycles. The first-order valence-electron chi connectivity index (χ1n) is 2.58. The number of hydrogen-bond acceptors (Lipinski definition) is 2. The molecule has 1 amide bonds. The van der Waals surface area contributed by atoms with Gasteiger partial charge in [-0.25, -0.2) is 5.84 Å². The molecule has 2 N–H and O–H groups in total. The van der Waals surface area contributed by atoms with Crippen molar-refractivity contribution in [2.24, 2.45) is 11.8 Å². The monoisotopic (exact) mass is 116 g/mol. The molecule has 0 aliphatic carbocycles. The minimum atomic E-state index is -0.0370. The number of rotatable bonds is 1. The van der Waals surface area contributed by atoms with Crippen molar-refractivity contribution in [3.8, 4) is 0 Å². The predicted molar refractivity (Wildman–Crippen MR) is 31.8 cm³/mol. The lowest BCUT2D eigenvalue weighted by Gasteiger charge is -2.11. The van der Waals surface area contributed by atoms with Crippen LogP contribution in [0.15, 0.2) is 0 Å². The number of nitrogens with zero attached hydrogens (tertiary/aromatic N) is 1.